The van der Waals surface area contributed by atoms with Crippen molar-refractivity contribution in [3.63, 3.8) is 0 Å². The van der Waals surface area contributed by atoms with Crippen LogP contribution in [-0.2, 0) is 0 Å². The van der Waals surface area contributed by atoms with Crippen LogP contribution in [0.2, 0.25) is 0 Å². The molecule has 1 aliphatic carbocycles. The van der Waals surface area contributed by atoms with Crippen LogP contribution in [0.5, 0.6) is 0 Å². The van der Waals surface area contributed by atoms with Crippen molar-refractivity contribution in [2.75, 3.05) is 6.54 Å². The summed E-state index contributed by atoms with van der Waals surface area (Å²) >= 11 is 0. The third-order valence-corrected chi connectivity index (χ3v) is 3.50. The van der Waals surface area contributed by atoms with Crippen LogP contribution in [0, 0.1) is 5.92 Å². The predicted molar refractivity (Wildman–Crippen MR) is 54.4 cm³/mol. The molecule has 0 aromatic rings. The van der Waals surface area contributed by atoms with Crippen LogP contribution in [0.25, 0.3) is 0 Å². The standard InChI is InChI=1S/C11H21N2/c1-2-4-6-10(7-5-3-1)11-8-9-12-13-11/h10-12H,1-9H2. The Morgan fingerprint density at radius 3 is 2.15 bits per heavy atom. The van der Waals surface area contributed by atoms with Gasteiger partial charge in [0.15, 0.2) is 0 Å². The molecule has 1 N–H and O–H groups in total. The van der Waals surface area contributed by atoms with E-state index in [1.807, 2.05) is 0 Å². The van der Waals surface area contributed by atoms with Crippen LogP contribution in [0.15, 0.2) is 0 Å². The predicted octanol–water partition coefficient (Wildman–Crippen LogP) is 2.23. The number of hydrogen-bond acceptors (Lipinski definition) is 1. The van der Waals surface area contributed by atoms with Gasteiger partial charge in [0.2, 0.25) is 0 Å². The average Bonchev–Trinajstić information content (AvgIpc) is 2.55. The normalized spacial score (nSPS) is 32.8. The van der Waals surface area contributed by atoms with Gasteiger partial charge in [0, 0.05) is 12.6 Å². The van der Waals surface area contributed by atoms with Crippen LogP contribution in [0.3, 0.4) is 0 Å². The van der Waals surface area contributed by atoms with Gasteiger partial charge < -0.3 is 0 Å². The molecule has 1 aliphatic heterocycles. The molecule has 1 atom stereocenters. The third-order valence-electron chi connectivity index (χ3n) is 3.50. The molecule has 1 saturated heterocycles. The molecule has 1 radical (unpaired) electrons. The lowest BCUT2D eigenvalue weighted by Gasteiger charge is -2.23. The van der Waals surface area contributed by atoms with E-state index in [1.54, 1.807) is 0 Å². The molecular formula is C11H21N2. The van der Waals surface area contributed by atoms with Crippen LogP contribution >= 0.6 is 0 Å². The Balaban J connectivity index is 1.80. The Kier molecular flexibility index (Phi) is 3.62. The van der Waals surface area contributed by atoms with Crippen molar-refractivity contribution in [2.45, 2.75) is 57.4 Å². The first-order valence-corrected chi connectivity index (χ1v) is 5.89. The monoisotopic (exact) mass is 181 g/mol. The second kappa shape index (κ2) is 4.97. The molecule has 2 fully saturated rings. The number of nitrogens with one attached hydrogen (secondary N) is 1. The van der Waals surface area contributed by atoms with Gasteiger partial charge in [-0.1, -0.05) is 32.1 Å². The van der Waals surface area contributed by atoms with Gasteiger partial charge in [-0.25, -0.2) is 5.43 Å². The van der Waals surface area contributed by atoms with Gasteiger partial charge in [0.05, 0.1) is 0 Å². The Morgan fingerprint density at radius 2 is 1.54 bits per heavy atom. The van der Waals surface area contributed by atoms with Crippen molar-refractivity contribution < 1.29 is 0 Å². The van der Waals surface area contributed by atoms with Gasteiger partial charge in [0.1, 0.15) is 0 Å². The lowest BCUT2D eigenvalue weighted by Crippen LogP contribution is -2.29. The van der Waals surface area contributed by atoms with E-state index in [9.17, 15) is 0 Å². The molecule has 0 aromatic carbocycles. The largest absolute Gasteiger partial charge is 0.240 e. The highest BCUT2D eigenvalue weighted by Gasteiger charge is 2.25. The Labute approximate surface area is 81.4 Å². The number of nitrogens with zero attached hydrogens (tertiary/aromatic N) is 1. The van der Waals surface area contributed by atoms with Gasteiger partial charge in [-0.2, -0.15) is 5.43 Å². The molecule has 1 saturated carbocycles. The summed E-state index contributed by atoms with van der Waals surface area (Å²) in [6.45, 7) is 1.11. The topological polar surface area (TPSA) is 26.1 Å². The highest BCUT2D eigenvalue weighted by atomic mass is 15.4. The molecule has 0 spiro atoms. The van der Waals surface area contributed by atoms with E-state index >= 15 is 0 Å². The molecular weight excluding hydrogens is 160 g/mol. The summed E-state index contributed by atoms with van der Waals surface area (Å²) in [6.07, 6.45) is 11.4. The molecule has 2 heteroatoms. The maximum atomic E-state index is 4.48. The summed E-state index contributed by atoms with van der Waals surface area (Å²) in [5.41, 5.74) is 7.61. The van der Waals surface area contributed by atoms with E-state index in [0.717, 1.165) is 12.5 Å². The van der Waals surface area contributed by atoms with E-state index in [0.29, 0.717) is 6.04 Å². The molecule has 0 bridgehead atoms. The van der Waals surface area contributed by atoms with Crippen molar-refractivity contribution in [1.29, 1.82) is 0 Å². The molecule has 13 heavy (non-hydrogen) atoms. The summed E-state index contributed by atoms with van der Waals surface area (Å²) in [6, 6.07) is 0.651. The van der Waals surface area contributed by atoms with E-state index in [1.165, 1.54) is 51.4 Å². The fourth-order valence-electron chi connectivity index (χ4n) is 2.67. The van der Waals surface area contributed by atoms with Crippen LogP contribution in [-0.4, -0.2) is 12.6 Å². The van der Waals surface area contributed by atoms with E-state index in [2.05, 4.69) is 10.9 Å². The minimum atomic E-state index is 0.651. The fraction of sp³-hybridized carbons (Fsp3) is 1.00. The third kappa shape index (κ3) is 2.68. The van der Waals surface area contributed by atoms with Crippen LogP contribution in [0.4, 0.5) is 0 Å². The van der Waals surface area contributed by atoms with Gasteiger partial charge >= 0.3 is 0 Å². The zero-order chi connectivity index (χ0) is 8.93. The zero-order valence-electron chi connectivity index (χ0n) is 8.47. The molecule has 2 nitrogen and oxygen atoms in total. The minimum Gasteiger partial charge on any atom is -0.240 e. The first-order chi connectivity index (χ1) is 6.47. The molecule has 0 amide bonds. The zero-order valence-corrected chi connectivity index (χ0v) is 8.47. The quantitative estimate of drug-likeness (QED) is 0.659. The van der Waals surface area contributed by atoms with E-state index in [4.69, 9.17) is 0 Å². The first kappa shape index (κ1) is 9.47. The maximum absolute atomic E-state index is 4.48. The van der Waals surface area contributed by atoms with Crippen molar-refractivity contribution >= 4 is 0 Å². The average molecular weight is 181 g/mol. The second-order valence-corrected chi connectivity index (χ2v) is 4.50. The van der Waals surface area contributed by atoms with Gasteiger partial charge in [-0.05, 0) is 25.2 Å². The highest BCUT2D eigenvalue weighted by molar-refractivity contribution is 4.80. The van der Waals surface area contributed by atoms with Crippen LogP contribution < -0.4 is 10.9 Å². The second-order valence-electron chi connectivity index (χ2n) is 4.50. The Hall–Kier alpha value is -0.0800. The van der Waals surface area contributed by atoms with Crippen molar-refractivity contribution in [2.24, 2.45) is 5.92 Å². The van der Waals surface area contributed by atoms with E-state index < -0.39 is 0 Å². The molecule has 1 heterocycles. The maximum Gasteiger partial charge on any atom is 0.0457 e. The summed E-state index contributed by atoms with van der Waals surface area (Å²) < 4.78 is 0. The Bertz CT molecular complexity index is 133. The number of hydrogen-bond donors (Lipinski definition) is 1. The van der Waals surface area contributed by atoms with Gasteiger partial charge in [-0.3, -0.25) is 0 Å². The lowest BCUT2D eigenvalue weighted by atomic mass is 9.85. The van der Waals surface area contributed by atoms with Crippen molar-refractivity contribution in [3.8, 4) is 0 Å². The first-order valence-electron chi connectivity index (χ1n) is 5.89. The summed E-state index contributed by atoms with van der Waals surface area (Å²) in [5, 5.41) is 0. The molecule has 75 valence electrons. The number of rotatable bonds is 1. The van der Waals surface area contributed by atoms with Gasteiger partial charge in [0.25, 0.3) is 0 Å². The van der Waals surface area contributed by atoms with Crippen molar-refractivity contribution in [1.82, 2.24) is 10.9 Å². The fourth-order valence-corrected chi connectivity index (χ4v) is 2.67. The summed E-state index contributed by atoms with van der Waals surface area (Å²) in [5.74, 6) is 0.898. The smallest absolute Gasteiger partial charge is 0.0457 e. The lowest BCUT2D eigenvalue weighted by molar-refractivity contribution is 0.295. The highest BCUT2D eigenvalue weighted by Crippen LogP contribution is 2.27. The molecule has 1 unspecified atom stereocenters. The summed E-state index contributed by atoms with van der Waals surface area (Å²) in [7, 11) is 0. The SMILES string of the molecule is C1CCCC(C2CCN[N]2)CCC1. The molecule has 2 rings (SSSR count). The van der Waals surface area contributed by atoms with Crippen LogP contribution in [0.1, 0.15) is 51.4 Å². The van der Waals surface area contributed by atoms with E-state index in [-0.39, 0.29) is 0 Å². The molecule has 2 aliphatic rings. The minimum absolute atomic E-state index is 0.651. The Morgan fingerprint density at radius 1 is 0.846 bits per heavy atom. The molecule has 0 aromatic heterocycles. The summed E-state index contributed by atoms with van der Waals surface area (Å²) in [4.78, 5) is 0. The van der Waals surface area contributed by atoms with Crippen molar-refractivity contribution in [3.05, 3.63) is 0 Å². The van der Waals surface area contributed by atoms with Gasteiger partial charge in [-0.15, -0.1) is 0 Å².